The van der Waals surface area contributed by atoms with Gasteiger partial charge in [0.05, 0.1) is 17.1 Å². The number of halogens is 1. The molecule has 1 atom stereocenters. The molecule has 21 heavy (non-hydrogen) atoms. The third-order valence-corrected chi connectivity index (χ3v) is 6.06. The van der Waals surface area contributed by atoms with Crippen LogP contribution in [-0.2, 0) is 14.8 Å². The molecular formula is C13H18BrNO5S. The maximum Gasteiger partial charge on any atom is 0.335 e. The summed E-state index contributed by atoms with van der Waals surface area (Å²) < 4.78 is 32.1. The second kappa shape index (κ2) is 7.35. The number of nitrogens with zero attached hydrogens (tertiary/aromatic N) is 1. The van der Waals surface area contributed by atoms with E-state index in [0.29, 0.717) is 4.47 Å². The zero-order chi connectivity index (χ0) is 16.2. The monoisotopic (exact) mass is 379 g/mol. The quantitative estimate of drug-likeness (QED) is 0.784. The van der Waals surface area contributed by atoms with Crippen molar-refractivity contribution in [3.8, 4) is 0 Å². The molecule has 0 aliphatic heterocycles. The Balaban J connectivity index is 3.34. The molecule has 0 saturated heterocycles. The molecule has 0 bridgehead atoms. The minimum atomic E-state index is -3.82. The zero-order valence-corrected chi connectivity index (χ0v) is 14.4. The van der Waals surface area contributed by atoms with Crippen molar-refractivity contribution in [1.29, 1.82) is 0 Å². The van der Waals surface area contributed by atoms with Crippen molar-refractivity contribution in [2.45, 2.75) is 24.8 Å². The van der Waals surface area contributed by atoms with Gasteiger partial charge in [-0.25, -0.2) is 13.2 Å². The van der Waals surface area contributed by atoms with E-state index in [2.05, 4.69) is 15.9 Å². The van der Waals surface area contributed by atoms with Crippen molar-refractivity contribution in [2.24, 2.45) is 0 Å². The van der Waals surface area contributed by atoms with Crippen LogP contribution in [-0.4, -0.2) is 50.1 Å². The molecule has 0 aliphatic carbocycles. The highest BCUT2D eigenvalue weighted by molar-refractivity contribution is 9.10. The predicted molar refractivity (Wildman–Crippen MR) is 82.0 cm³/mol. The molecule has 0 fully saturated rings. The van der Waals surface area contributed by atoms with Gasteiger partial charge in [0.2, 0.25) is 10.0 Å². The molecule has 0 spiro atoms. The first kappa shape index (κ1) is 18.1. The Kier molecular flexibility index (Phi) is 6.33. The molecule has 0 aromatic heterocycles. The highest BCUT2D eigenvalue weighted by Gasteiger charge is 2.30. The molecule has 118 valence electrons. The normalized spacial score (nSPS) is 13.4. The van der Waals surface area contributed by atoms with Gasteiger partial charge in [-0.15, -0.1) is 0 Å². The number of carboxylic acids is 1. The zero-order valence-electron chi connectivity index (χ0n) is 12.0. The molecule has 0 amide bonds. The van der Waals surface area contributed by atoms with Crippen molar-refractivity contribution in [2.75, 3.05) is 20.3 Å². The fourth-order valence-corrected chi connectivity index (χ4v) is 4.58. The van der Waals surface area contributed by atoms with E-state index >= 15 is 0 Å². The summed E-state index contributed by atoms with van der Waals surface area (Å²) in [7, 11) is -2.32. The molecule has 1 rings (SSSR count). The molecule has 6 nitrogen and oxygen atoms in total. The standard InChI is InChI=1S/C13H18BrNO5S/c1-4-15(9(2)8-20-3)21(18,19)12-7-10(13(16)17)5-6-11(12)14/h5-7,9H,4,8H2,1-3H3,(H,16,17). The Bertz CT molecular complexity index is 617. The summed E-state index contributed by atoms with van der Waals surface area (Å²) >= 11 is 3.17. The van der Waals surface area contributed by atoms with Crippen LogP contribution in [0.4, 0.5) is 0 Å². The number of methoxy groups -OCH3 is 1. The number of aromatic carboxylic acids is 1. The van der Waals surface area contributed by atoms with E-state index in [1.807, 2.05) is 0 Å². The lowest BCUT2D eigenvalue weighted by atomic mass is 10.2. The lowest BCUT2D eigenvalue weighted by Crippen LogP contribution is -2.41. The van der Waals surface area contributed by atoms with E-state index < -0.39 is 16.0 Å². The number of benzene rings is 1. The number of hydrogen-bond acceptors (Lipinski definition) is 4. The van der Waals surface area contributed by atoms with Gasteiger partial charge in [-0.05, 0) is 41.1 Å². The van der Waals surface area contributed by atoms with E-state index in [0.717, 1.165) is 6.07 Å². The second-order valence-corrected chi connectivity index (χ2v) is 7.18. The van der Waals surface area contributed by atoms with E-state index in [1.54, 1.807) is 13.8 Å². The van der Waals surface area contributed by atoms with Gasteiger partial charge in [0.25, 0.3) is 0 Å². The van der Waals surface area contributed by atoms with Gasteiger partial charge in [-0.3, -0.25) is 0 Å². The molecule has 1 aromatic rings. The van der Waals surface area contributed by atoms with Gasteiger partial charge in [0.15, 0.2) is 0 Å². The highest BCUT2D eigenvalue weighted by atomic mass is 79.9. The van der Waals surface area contributed by atoms with Crippen molar-refractivity contribution in [3.63, 3.8) is 0 Å². The average Bonchev–Trinajstić information content (AvgIpc) is 2.39. The largest absolute Gasteiger partial charge is 0.478 e. The van der Waals surface area contributed by atoms with Crippen LogP contribution in [0.5, 0.6) is 0 Å². The van der Waals surface area contributed by atoms with E-state index in [1.165, 1.54) is 23.5 Å². The number of carbonyl (C=O) groups is 1. The minimum Gasteiger partial charge on any atom is -0.478 e. The van der Waals surface area contributed by atoms with Gasteiger partial charge in [-0.2, -0.15) is 4.31 Å². The second-order valence-electron chi connectivity index (χ2n) is 4.46. The van der Waals surface area contributed by atoms with Crippen LogP contribution in [0.2, 0.25) is 0 Å². The molecule has 8 heteroatoms. The summed E-state index contributed by atoms with van der Waals surface area (Å²) in [6.07, 6.45) is 0. The Labute approximate surface area is 132 Å². The van der Waals surface area contributed by atoms with Gasteiger partial charge < -0.3 is 9.84 Å². The van der Waals surface area contributed by atoms with Gasteiger partial charge in [0.1, 0.15) is 0 Å². The number of likely N-dealkylation sites (N-methyl/N-ethyl adjacent to an activating group) is 1. The Hall–Kier alpha value is -0.960. The number of rotatable bonds is 7. The summed E-state index contributed by atoms with van der Waals surface area (Å²) in [4.78, 5) is 11.0. The third kappa shape index (κ3) is 4.03. The summed E-state index contributed by atoms with van der Waals surface area (Å²) in [6, 6.07) is 3.57. The first-order valence-electron chi connectivity index (χ1n) is 6.29. The van der Waals surface area contributed by atoms with Gasteiger partial charge >= 0.3 is 5.97 Å². The highest BCUT2D eigenvalue weighted by Crippen LogP contribution is 2.27. The van der Waals surface area contributed by atoms with Gasteiger partial charge in [0, 0.05) is 24.2 Å². The average molecular weight is 380 g/mol. The molecule has 0 saturated carbocycles. The lowest BCUT2D eigenvalue weighted by molar-refractivity contribution is 0.0696. The molecule has 0 aliphatic rings. The number of sulfonamides is 1. The van der Waals surface area contributed by atoms with Crippen LogP contribution in [0.1, 0.15) is 24.2 Å². The van der Waals surface area contributed by atoms with Crippen molar-refractivity contribution in [1.82, 2.24) is 4.31 Å². The van der Waals surface area contributed by atoms with Crippen LogP contribution in [0.25, 0.3) is 0 Å². The summed E-state index contributed by atoms with van der Waals surface area (Å²) in [5, 5.41) is 9.01. The van der Waals surface area contributed by atoms with Crippen LogP contribution in [0.3, 0.4) is 0 Å². The molecule has 0 heterocycles. The molecule has 1 N–H and O–H groups in total. The van der Waals surface area contributed by atoms with Crippen molar-refractivity contribution in [3.05, 3.63) is 28.2 Å². The Morgan fingerprint density at radius 3 is 2.57 bits per heavy atom. The van der Waals surface area contributed by atoms with Crippen LogP contribution < -0.4 is 0 Å². The van der Waals surface area contributed by atoms with Crippen LogP contribution in [0.15, 0.2) is 27.6 Å². The third-order valence-electron chi connectivity index (χ3n) is 2.98. The topological polar surface area (TPSA) is 83.9 Å². The Morgan fingerprint density at radius 2 is 2.10 bits per heavy atom. The van der Waals surface area contributed by atoms with Crippen LogP contribution >= 0.6 is 15.9 Å². The number of ether oxygens (including phenoxy) is 1. The van der Waals surface area contributed by atoms with Crippen molar-refractivity contribution >= 4 is 31.9 Å². The minimum absolute atomic E-state index is 0.0628. The van der Waals surface area contributed by atoms with Crippen molar-refractivity contribution < 1.29 is 23.1 Å². The fourth-order valence-electron chi connectivity index (χ4n) is 2.00. The summed E-state index contributed by atoms with van der Waals surface area (Å²) in [5.74, 6) is -1.17. The maximum atomic E-state index is 12.7. The molecule has 1 aromatic carbocycles. The Morgan fingerprint density at radius 1 is 1.48 bits per heavy atom. The van der Waals surface area contributed by atoms with E-state index in [4.69, 9.17) is 9.84 Å². The number of carboxylic acid groups (broad SMARTS) is 1. The smallest absolute Gasteiger partial charge is 0.335 e. The fraction of sp³-hybridized carbons (Fsp3) is 0.462. The lowest BCUT2D eigenvalue weighted by Gasteiger charge is -2.27. The summed E-state index contributed by atoms with van der Waals surface area (Å²) in [6.45, 7) is 3.97. The van der Waals surface area contributed by atoms with Gasteiger partial charge in [-0.1, -0.05) is 6.92 Å². The van der Waals surface area contributed by atoms with E-state index in [9.17, 15) is 13.2 Å². The first-order valence-corrected chi connectivity index (χ1v) is 8.52. The first-order chi connectivity index (χ1) is 9.75. The number of hydrogen-bond donors (Lipinski definition) is 1. The predicted octanol–water partition coefficient (Wildman–Crippen LogP) is 2.19. The van der Waals surface area contributed by atoms with Crippen LogP contribution in [0, 0.1) is 0 Å². The SMILES string of the molecule is CCN(C(C)COC)S(=O)(=O)c1cc(C(=O)O)ccc1Br. The van der Waals surface area contributed by atoms with E-state index in [-0.39, 0.29) is 29.7 Å². The maximum absolute atomic E-state index is 12.7. The molecular weight excluding hydrogens is 362 g/mol. The molecule has 1 unspecified atom stereocenters. The molecule has 0 radical (unpaired) electrons. The summed E-state index contributed by atoms with van der Waals surface area (Å²) in [5.41, 5.74) is -0.0766.